The Labute approximate surface area is 141 Å². The number of allylic oxidation sites excluding steroid dienone is 2. The Morgan fingerprint density at radius 1 is 1.21 bits per heavy atom. The Bertz CT molecular complexity index is 659. The molecular weight excluding hydrogens is 308 g/mol. The molecule has 0 radical (unpaired) electrons. The Balaban J connectivity index is 2.14. The summed E-state index contributed by atoms with van der Waals surface area (Å²) in [6.07, 6.45) is 5.15. The number of esters is 1. The first-order chi connectivity index (χ1) is 11.2. The number of carbonyl (C=O) groups is 3. The molecule has 0 aromatic carbocycles. The predicted octanol–water partition coefficient (Wildman–Crippen LogP) is 2.90. The zero-order chi connectivity index (χ0) is 17.6. The molecule has 0 spiro atoms. The van der Waals surface area contributed by atoms with Gasteiger partial charge in [-0.15, -0.1) is 0 Å². The van der Waals surface area contributed by atoms with Crippen LogP contribution in [0.15, 0.2) is 23.5 Å². The number of carbonyl (C=O) groups excluding carboxylic acids is 3. The molecule has 1 saturated heterocycles. The molecule has 1 heterocycles. The van der Waals surface area contributed by atoms with Crippen molar-refractivity contribution in [2.24, 2.45) is 23.7 Å². The second-order valence-corrected chi connectivity index (χ2v) is 7.65. The molecule has 2 aliphatic carbocycles. The minimum atomic E-state index is -1.22. The normalized spacial score (nSPS) is 39.5. The summed E-state index contributed by atoms with van der Waals surface area (Å²) in [6.45, 7) is 5.29. The maximum atomic E-state index is 12.7. The fraction of sp³-hybridized carbons (Fsp3) is 0.632. The molecule has 5 nitrogen and oxygen atoms in total. The molecule has 1 N–H and O–H groups in total. The van der Waals surface area contributed by atoms with Gasteiger partial charge in [0.15, 0.2) is 11.4 Å². The molecule has 0 unspecified atom stereocenters. The lowest BCUT2D eigenvalue weighted by Crippen LogP contribution is -2.58. The van der Waals surface area contributed by atoms with E-state index in [9.17, 15) is 19.5 Å². The highest BCUT2D eigenvalue weighted by Crippen LogP contribution is 2.49. The van der Waals surface area contributed by atoms with Gasteiger partial charge in [0.25, 0.3) is 0 Å². The van der Waals surface area contributed by atoms with Gasteiger partial charge in [0.1, 0.15) is 11.5 Å². The van der Waals surface area contributed by atoms with E-state index in [-0.39, 0.29) is 47.6 Å². The number of rotatable bonds is 1. The maximum Gasteiger partial charge on any atom is 0.338 e. The molecule has 0 bridgehead atoms. The van der Waals surface area contributed by atoms with Gasteiger partial charge in [-0.2, -0.15) is 0 Å². The molecule has 0 aromatic rings. The Kier molecular flexibility index (Phi) is 4.14. The number of ether oxygens (including phenoxy) is 1. The summed E-state index contributed by atoms with van der Waals surface area (Å²) < 4.78 is 5.65. The molecule has 24 heavy (non-hydrogen) atoms. The van der Waals surface area contributed by atoms with Crippen molar-refractivity contribution >= 4 is 17.5 Å². The Morgan fingerprint density at radius 2 is 1.92 bits per heavy atom. The summed E-state index contributed by atoms with van der Waals surface area (Å²) in [5.41, 5.74) is -1.03. The van der Waals surface area contributed by atoms with E-state index in [0.717, 1.165) is 0 Å². The van der Waals surface area contributed by atoms with Crippen LogP contribution in [-0.2, 0) is 19.1 Å². The molecule has 0 aromatic heterocycles. The third-order valence-electron chi connectivity index (χ3n) is 5.58. The van der Waals surface area contributed by atoms with Crippen molar-refractivity contribution in [2.75, 3.05) is 0 Å². The highest BCUT2D eigenvalue weighted by Gasteiger charge is 2.57. The zero-order valence-corrected chi connectivity index (χ0v) is 14.4. The van der Waals surface area contributed by atoms with E-state index in [2.05, 4.69) is 0 Å². The molecule has 1 aliphatic heterocycles. The number of ketones is 2. The predicted molar refractivity (Wildman–Crippen MR) is 87.1 cm³/mol. The van der Waals surface area contributed by atoms with Gasteiger partial charge in [-0.25, -0.2) is 4.79 Å². The van der Waals surface area contributed by atoms with E-state index >= 15 is 0 Å². The Morgan fingerprint density at radius 3 is 2.58 bits per heavy atom. The molecule has 3 aliphatic rings. The topological polar surface area (TPSA) is 80.7 Å². The molecule has 3 rings (SSSR count). The average molecular weight is 332 g/mol. The van der Waals surface area contributed by atoms with E-state index in [1.807, 2.05) is 26.0 Å². The first kappa shape index (κ1) is 16.9. The van der Waals surface area contributed by atoms with Crippen LogP contribution in [-0.4, -0.2) is 28.2 Å². The van der Waals surface area contributed by atoms with Crippen LogP contribution in [0.4, 0.5) is 0 Å². The quantitative estimate of drug-likeness (QED) is 0.590. The summed E-state index contributed by atoms with van der Waals surface area (Å²) in [7, 11) is 0. The summed E-state index contributed by atoms with van der Waals surface area (Å²) in [4.78, 5) is 37.4. The van der Waals surface area contributed by atoms with E-state index < -0.39 is 23.4 Å². The molecule has 0 saturated carbocycles. The monoisotopic (exact) mass is 332 g/mol. The largest absolute Gasteiger partial charge is 0.512 e. The summed E-state index contributed by atoms with van der Waals surface area (Å²) in [5.74, 6) is -1.54. The first-order valence-electron chi connectivity index (χ1n) is 8.61. The van der Waals surface area contributed by atoms with E-state index in [4.69, 9.17) is 4.74 Å². The van der Waals surface area contributed by atoms with Gasteiger partial charge in [-0.3, -0.25) is 9.59 Å². The van der Waals surface area contributed by atoms with E-state index in [1.54, 1.807) is 0 Å². The minimum absolute atomic E-state index is 0.00849. The number of hydrogen-bond donors (Lipinski definition) is 1. The highest BCUT2D eigenvalue weighted by atomic mass is 16.6. The van der Waals surface area contributed by atoms with Crippen LogP contribution < -0.4 is 0 Å². The summed E-state index contributed by atoms with van der Waals surface area (Å²) in [6, 6.07) is 0. The molecule has 130 valence electrons. The second-order valence-electron chi connectivity index (χ2n) is 7.65. The minimum Gasteiger partial charge on any atom is -0.512 e. The molecule has 5 heteroatoms. The zero-order valence-electron chi connectivity index (χ0n) is 14.4. The van der Waals surface area contributed by atoms with E-state index in [0.29, 0.717) is 12.8 Å². The smallest absolute Gasteiger partial charge is 0.338 e. The van der Waals surface area contributed by atoms with Crippen LogP contribution in [0.5, 0.6) is 0 Å². The van der Waals surface area contributed by atoms with Crippen LogP contribution in [0, 0.1) is 23.7 Å². The van der Waals surface area contributed by atoms with Crippen molar-refractivity contribution in [1.82, 2.24) is 0 Å². The number of fused-ring (bicyclic) bond motifs is 3. The fourth-order valence-electron chi connectivity index (χ4n) is 4.51. The third kappa shape index (κ3) is 2.60. The summed E-state index contributed by atoms with van der Waals surface area (Å²) in [5, 5.41) is 10.5. The summed E-state index contributed by atoms with van der Waals surface area (Å²) >= 11 is 0. The van der Waals surface area contributed by atoms with Gasteiger partial charge >= 0.3 is 5.97 Å². The van der Waals surface area contributed by atoms with E-state index in [1.165, 1.54) is 6.92 Å². The third-order valence-corrected chi connectivity index (χ3v) is 5.58. The molecular formula is C19H24O5. The average Bonchev–Trinajstić information content (AvgIpc) is 2.44. The highest BCUT2D eigenvalue weighted by molar-refractivity contribution is 5.98. The number of hydrogen-bond acceptors (Lipinski definition) is 5. The van der Waals surface area contributed by atoms with Crippen molar-refractivity contribution in [1.29, 1.82) is 0 Å². The van der Waals surface area contributed by atoms with Crippen molar-refractivity contribution in [3.63, 3.8) is 0 Å². The molecule has 1 fully saturated rings. The number of aliphatic hydroxyl groups is 1. The molecule has 0 amide bonds. The van der Waals surface area contributed by atoms with Crippen molar-refractivity contribution in [3.05, 3.63) is 23.5 Å². The van der Waals surface area contributed by atoms with Crippen molar-refractivity contribution in [2.45, 2.75) is 52.1 Å². The lowest BCUT2D eigenvalue weighted by atomic mass is 9.62. The van der Waals surface area contributed by atoms with Crippen LogP contribution in [0.25, 0.3) is 0 Å². The van der Waals surface area contributed by atoms with Crippen LogP contribution in [0.3, 0.4) is 0 Å². The van der Waals surface area contributed by atoms with Gasteiger partial charge in [0.2, 0.25) is 0 Å². The van der Waals surface area contributed by atoms with Gasteiger partial charge < -0.3 is 9.84 Å². The first-order valence-corrected chi connectivity index (χ1v) is 8.61. The van der Waals surface area contributed by atoms with Crippen molar-refractivity contribution < 1.29 is 24.2 Å². The molecule has 5 atom stereocenters. The maximum absolute atomic E-state index is 12.7. The Hall–Kier alpha value is -1.91. The van der Waals surface area contributed by atoms with Gasteiger partial charge in [0, 0.05) is 37.5 Å². The number of aliphatic hydroxyl groups excluding tert-OH is 1. The van der Waals surface area contributed by atoms with Crippen molar-refractivity contribution in [3.8, 4) is 0 Å². The van der Waals surface area contributed by atoms with Crippen LogP contribution in [0.1, 0.15) is 46.5 Å². The lowest BCUT2D eigenvalue weighted by molar-refractivity contribution is -0.180. The standard InChI is InChI=1S/C19H24O5/c1-10-4-5-15-14-8-13(21)6-11(2)7-16(22)17(14)18(23)24-19(15,9-10)12(3)20/h4-5,10-11,14-15,22H,6-9H2,1-3H3/t10-,11-,14-,15-,19-/m1/s1. The lowest BCUT2D eigenvalue weighted by Gasteiger charge is -2.48. The van der Waals surface area contributed by atoms with Crippen LogP contribution in [0.2, 0.25) is 0 Å². The van der Waals surface area contributed by atoms with Gasteiger partial charge in [-0.05, 0) is 18.8 Å². The SMILES string of the molecule is CC(=O)[C@]12C[C@H](C)C=C[C@@H]1[C@H]1CC(=O)C[C@@H](C)CC(O)=C1C(=O)O2. The van der Waals surface area contributed by atoms with Gasteiger partial charge in [-0.1, -0.05) is 26.0 Å². The number of Topliss-reactive ketones (excluding diaryl/α,β-unsaturated/α-hetero) is 2. The van der Waals surface area contributed by atoms with Gasteiger partial charge in [0.05, 0.1) is 5.57 Å². The fourth-order valence-corrected chi connectivity index (χ4v) is 4.51. The second kappa shape index (κ2) is 5.87. The van der Waals surface area contributed by atoms with Crippen LogP contribution >= 0.6 is 0 Å².